The summed E-state index contributed by atoms with van der Waals surface area (Å²) in [5, 5.41) is 0. The Bertz CT molecular complexity index is 569. The highest BCUT2D eigenvalue weighted by Gasteiger charge is 2.06. The van der Waals surface area contributed by atoms with E-state index >= 15 is 0 Å². The van der Waals surface area contributed by atoms with Gasteiger partial charge in [0.15, 0.2) is 5.78 Å². The SMILES string of the molecule is CCC(=O)c1ccc(N(C)c2ccc(CC)cc2)cc1. The predicted octanol–water partition coefficient (Wildman–Crippen LogP) is 4.61. The Balaban J connectivity index is 2.19. The minimum absolute atomic E-state index is 0.187. The van der Waals surface area contributed by atoms with Crippen LogP contribution in [0.25, 0.3) is 0 Å². The quantitative estimate of drug-likeness (QED) is 0.737. The fourth-order valence-corrected chi connectivity index (χ4v) is 2.18. The van der Waals surface area contributed by atoms with Crippen LogP contribution in [0.1, 0.15) is 36.2 Å². The highest BCUT2D eigenvalue weighted by Crippen LogP contribution is 2.24. The molecule has 2 aromatic carbocycles. The lowest BCUT2D eigenvalue weighted by Gasteiger charge is -2.20. The highest BCUT2D eigenvalue weighted by molar-refractivity contribution is 5.96. The topological polar surface area (TPSA) is 20.3 Å². The molecule has 0 amide bonds. The number of anilines is 2. The van der Waals surface area contributed by atoms with Crippen LogP contribution in [0.15, 0.2) is 48.5 Å². The number of carbonyl (C=O) groups is 1. The molecule has 20 heavy (non-hydrogen) atoms. The van der Waals surface area contributed by atoms with Gasteiger partial charge in [0.05, 0.1) is 0 Å². The van der Waals surface area contributed by atoms with Crippen LogP contribution in [-0.4, -0.2) is 12.8 Å². The third-order valence-electron chi connectivity index (χ3n) is 3.63. The molecule has 2 rings (SSSR count). The Morgan fingerprint density at radius 3 is 1.85 bits per heavy atom. The van der Waals surface area contributed by atoms with Crippen LogP contribution < -0.4 is 4.90 Å². The molecule has 2 aromatic rings. The molecule has 0 heterocycles. The number of Topliss-reactive ketones (excluding diaryl/α,β-unsaturated/α-hetero) is 1. The van der Waals surface area contributed by atoms with Crippen molar-refractivity contribution in [3.63, 3.8) is 0 Å². The monoisotopic (exact) mass is 267 g/mol. The van der Waals surface area contributed by atoms with Gasteiger partial charge >= 0.3 is 0 Å². The van der Waals surface area contributed by atoms with Crippen molar-refractivity contribution in [1.82, 2.24) is 0 Å². The Hall–Kier alpha value is -2.09. The average Bonchev–Trinajstić information content (AvgIpc) is 2.53. The minimum atomic E-state index is 0.187. The second kappa shape index (κ2) is 6.38. The van der Waals surface area contributed by atoms with E-state index in [4.69, 9.17) is 0 Å². The second-order valence-corrected chi connectivity index (χ2v) is 4.90. The molecule has 0 aliphatic rings. The Kier molecular flexibility index (Phi) is 4.57. The summed E-state index contributed by atoms with van der Waals surface area (Å²) >= 11 is 0. The number of aryl methyl sites for hydroxylation is 1. The standard InChI is InChI=1S/C18H21NO/c1-4-14-6-10-16(11-7-14)19(3)17-12-8-15(9-13-17)18(20)5-2/h6-13H,4-5H2,1-3H3. The van der Waals surface area contributed by atoms with Gasteiger partial charge in [-0.1, -0.05) is 26.0 Å². The van der Waals surface area contributed by atoms with Crippen molar-refractivity contribution < 1.29 is 4.79 Å². The highest BCUT2D eigenvalue weighted by atomic mass is 16.1. The number of rotatable bonds is 5. The molecule has 0 bridgehead atoms. The van der Waals surface area contributed by atoms with Crippen LogP contribution in [0, 0.1) is 0 Å². The number of hydrogen-bond acceptors (Lipinski definition) is 2. The van der Waals surface area contributed by atoms with Crippen LogP contribution in [0.5, 0.6) is 0 Å². The second-order valence-electron chi connectivity index (χ2n) is 4.90. The molecule has 104 valence electrons. The lowest BCUT2D eigenvalue weighted by molar-refractivity contribution is 0.0988. The summed E-state index contributed by atoms with van der Waals surface area (Å²) in [4.78, 5) is 13.7. The van der Waals surface area contributed by atoms with E-state index in [0.717, 1.165) is 23.4 Å². The van der Waals surface area contributed by atoms with Crippen molar-refractivity contribution in [3.05, 3.63) is 59.7 Å². The summed E-state index contributed by atoms with van der Waals surface area (Å²) in [6.45, 7) is 4.04. The van der Waals surface area contributed by atoms with Crippen molar-refractivity contribution >= 4 is 17.2 Å². The van der Waals surface area contributed by atoms with Gasteiger partial charge in [0.25, 0.3) is 0 Å². The van der Waals surface area contributed by atoms with E-state index in [9.17, 15) is 4.79 Å². The Morgan fingerprint density at radius 2 is 1.40 bits per heavy atom. The first-order valence-electron chi connectivity index (χ1n) is 7.11. The summed E-state index contributed by atoms with van der Waals surface area (Å²) in [6, 6.07) is 16.4. The largest absolute Gasteiger partial charge is 0.345 e. The number of carbonyl (C=O) groups excluding carboxylic acids is 1. The number of ketones is 1. The summed E-state index contributed by atoms with van der Waals surface area (Å²) in [5.74, 6) is 0.187. The van der Waals surface area contributed by atoms with E-state index in [-0.39, 0.29) is 5.78 Å². The van der Waals surface area contributed by atoms with Crippen molar-refractivity contribution in [1.29, 1.82) is 0 Å². The van der Waals surface area contributed by atoms with Crippen LogP contribution in [0.3, 0.4) is 0 Å². The van der Waals surface area contributed by atoms with E-state index < -0.39 is 0 Å². The molecule has 0 atom stereocenters. The summed E-state index contributed by atoms with van der Waals surface area (Å²) < 4.78 is 0. The molecule has 0 saturated heterocycles. The fourth-order valence-electron chi connectivity index (χ4n) is 2.18. The molecule has 2 nitrogen and oxygen atoms in total. The zero-order valence-corrected chi connectivity index (χ0v) is 12.4. The van der Waals surface area contributed by atoms with Gasteiger partial charge in [0.1, 0.15) is 0 Å². The van der Waals surface area contributed by atoms with Gasteiger partial charge in [-0.3, -0.25) is 4.79 Å². The van der Waals surface area contributed by atoms with Gasteiger partial charge in [-0.2, -0.15) is 0 Å². The maximum atomic E-state index is 11.6. The van der Waals surface area contributed by atoms with Crippen LogP contribution in [0.4, 0.5) is 11.4 Å². The molecule has 2 heteroatoms. The average molecular weight is 267 g/mol. The van der Waals surface area contributed by atoms with E-state index in [1.807, 2.05) is 38.2 Å². The molecule has 0 radical (unpaired) electrons. The van der Waals surface area contributed by atoms with Crippen molar-refractivity contribution in [2.24, 2.45) is 0 Å². The third-order valence-corrected chi connectivity index (χ3v) is 3.63. The maximum Gasteiger partial charge on any atom is 0.162 e. The van der Waals surface area contributed by atoms with Gasteiger partial charge in [0, 0.05) is 30.4 Å². The lowest BCUT2D eigenvalue weighted by Crippen LogP contribution is -2.09. The molecule has 0 fully saturated rings. The van der Waals surface area contributed by atoms with Gasteiger partial charge < -0.3 is 4.90 Å². The van der Waals surface area contributed by atoms with Crippen molar-refractivity contribution in [3.8, 4) is 0 Å². The first-order valence-corrected chi connectivity index (χ1v) is 7.11. The number of benzene rings is 2. The van der Waals surface area contributed by atoms with Crippen LogP contribution in [-0.2, 0) is 6.42 Å². The molecule has 0 spiro atoms. The number of hydrogen-bond donors (Lipinski definition) is 0. The molecule has 0 aliphatic carbocycles. The molecular formula is C18H21NO. The van der Waals surface area contributed by atoms with Gasteiger partial charge in [0.2, 0.25) is 0 Å². The first-order chi connectivity index (χ1) is 9.65. The predicted molar refractivity (Wildman–Crippen MR) is 84.9 cm³/mol. The zero-order chi connectivity index (χ0) is 14.5. The summed E-state index contributed by atoms with van der Waals surface area (Å²) in [6.07, 6.45) is 1.60. The van der Waals surface area contributed by atoms with Gasteiger partial charge in [-0.05, 0) is 48.4 Å². The Labute approximate surface area is 121 Å². The van der Waals surface area contributed by atoms with E-state index in [1.165, 1.54) is 5.56 Å². The first kappa shape index (κ1) is 14.3. The third kappa shape index (κ3) is 3.08. The smallest absolute Gasteiger partial charge is 0.162 e. The van der Waals surface area contributed by atoms with Crippen LogP contribution >= 0.6 is 0 Å². The van der Waals surface area contributed by atoms with Crippen LogP contribution in [0.2, 0.25) is 0 Å². The molecule has 0 aromatic heterocycles. The Morgan fingerprint density at radius 1 is 0.900 bits per heavy atom. The summed E-state index contributed by atoms with van der Waals surface area (Å²) in [5.41, 5.74) is 4.36. The van der Waals surface area contributed by atoms with Gasteiger partial charge in [-0.15, -0.1) is 0 Å². The van der Waals surface area contributed by atoms with Gasteiger partial charge in [-0.25, -0.2) is 0 Å². The molecular weight excluding hydrogens is 246 g/mol. The van der Waals surface area contributed by atoms with E-state index in [2.05, 4.69) is 36.1 Å². The maximum absolute atomic E-state index is 11.6. The molecule has 0 saturated carbocycles. The lowest BCUT2D eigenvalue weighted by atomic mass is 10.1. The van der Waals surface area contributed by atoms with Crippen molar-refractivity contribution in [2.75, 3.05) is 11.9 Å². The molecule has 0 unspecified atom stereocenters. The zero-order valence-electron chi connectivity index (χ0n) is 12.4. The molecule has 0 aliphatic heterocycles. The fraction of sp³-hybridized carbons (Fsp3) is 0.278. The number of nitrogens with zero attached hydrogens (tertiary/aromatic N) is 1. The minimum Gasteiger partial charge on any atom is -0.345 e. The van der Waals surface area contributed by atoms with Crippen molar-refractivity contribution in [2.45, 2.75) is 26.7 Å². The molecule has 0 N–H and O–H groups in total. The van der Waals surface area contributed by atoms with E-state index in [1.54, 1.807) is 0 Å². The summed E-state index contributed by atoms with van der Waals surface area (Å²) in [7, 11) is 2.04. The van der Waals surface area contributed by atoms with E-state index in [0.29, 0.717) is 6.42 Å². The normalized spacial score (nSPS) is 10.3.